The molecular formula is C7H17B3F12KO2-3. The second-order valence-corrected chi connectivity index (χ2v) is 3.31. The van der Waals surface area contributed by atoms with Gasteiger partial charge in [-0.15, -0.1) is 0 Å². The molecule has 1 aliphatic rings. The summed E-state index contributed by atoms with van der Waals surface area (Å²) < 4.78 is 122. The summed E-state index contributed by atoms with van der Waals surface area (Å²) in [6.07, 6.45) is 2.58. The number of aliphatic hydroxyl groups excluding tert-OH is 1. The van der Waals surface area contributed by atoms with E-state index < -0.39 is 28.1 Å². The first-order valence-electron chi connectivity index (χ1n) is 6.31. The van der Waals surface area contributed by atoms with Gasteiger partial charge in [-0.25, -0.2) is 0 Å². The monoisotopic (exact) mass is 433 g/mol. The van der Waals surface area contributed by atoms with E-state index in [2.05, 4.69) is 0 Å². The average molecular weight is 433 g/mol. The van der Waals surface area contributed by atoms with E-state index in [9.17, 15) is 51.8 Å². The van der Waals surface area contributed by atoms with Crippen LogP contribution in [0.1, 0.15) is 33.1 Å². The van der Waals surface area contributed by atoms with Gasteiger partial charge in [0, 0.05) is 6.61 Å². The van der Waals surface area contributed by atoms with Gasteiger partial charge in [0.15, 0.2) is 6.29 Å². The zero-order valence-electron chi connectivity index (χ0n) is 12.5. The van der Waals surface area contributed by atoms with E-state index in [0.717, 1.165) is 25.9 Å². The maximum atomic E-state index is 9.75. The van der Waals surface area contributed by atoms with Crippen molar-refractivity contribution in [1.29, 1.82) is 0 Å². The van der Waals surface area contributed by atoms with Crippen LogP contribution in [0.15, 0.2) is 0 Å². The van der Waals surface area contributed by atoms with Gasteiger partial charge in [0.25, 0.3) is 0 Å². The molecule has 0 aromatic carbocycles. The molecule has 1 heterocycles. The Morgan fingerprint density at radius 1 is 0.680 bits per heavy atom. The molecule has 1 rings (SSSR count). The standard InChI is InChI=1S/C5H10O2.C2H6.3BF4.K.H/c6-5-3-1-2-4-7-5;1-2;3*2-1(3,4)5;;/h5-6H,1-4H2;1-2H3;;;;;/q;;3*-1;;. The van der Waals surface area contributed by atoms with Gasteiger partial charge < -0.3 is 61.6 Å². The fourth-order valence-corrected chi connectivity index (χ4v) is 0.724. The zero-order chi connectivity index (χ0) is 20.6. The summed E-state index contributed by atoms with van der Waals surface area (Å²) in [5, 5.41) is 8.69. The molecule has 1 saturated heterocycles. The Kier molecular flexibility index (Phi) is 28.9. The van der Waals surface area contributed by atoms with Gasteiger partial charge in [-0.05, 0) is 19.3 Å². The van der Waals surface area contributed by atoms with Crippen molar-refractivity contribution in [2.75, 3.05) is 6.61 Å². The summed E-state index contributed by atoms with van der Waals surface area (Å²) >= 11 is 0. The first-order valence-corrected chi connectivity index (χ1v) is 6.31. The second kappa shape index (κ2) is 19.7. The van der Waals surface area contributed by atoms with Crippen LogP contribution < -0.4 is 0 Å². The van der Waals surface area contributed by atoms with E-state index in [4.69, 9.17) is 9.84 Å². The van der Waals surface area contributed by atoms with Gasteiger partial charge in [0.2, 0.25) is 0 Å². The van der Waals surface area contributed by atoms with E-state index in [1.54, 1.807) is 0 Å². The molecule has 2 nitrogen and oxygen atoms in total. The minimum atomic E-state index is -6.00. The quantitative estimate of drug-likeness (QED) is 0.441. The fraction of sp³-hybridized carbons (Fsp3) is 1.00. The number of aliphatic hydroxyl groups is 1. The third-order valence-corrected chi connectivity index (χ3v) is 1.16. The molecular weight excluding hydrogens is 416 g/mol. The molecule has 0 saturated carbocycles. The molecule has 1 atom stereocenters. The van der Waals surface area contributed by atoms with Gasteiger partial charge in [0.05, 0.1) is 0 Å². The van der Waals surface area contributed by atoms with Gasteiger partial charge in [-0.3, -0.25) is 0 Å². The molecule has 0 radical (unpaired) electrons. The number of ether oxygens (including phenoxy) is 1. The predicted molar refractivity (Wildman–Crippen MR) is 74.9 cm³/mol. The molecule has 0 amide bonds. The molecule has 1 unspecified atom stereocenters. The topological polar surface area (TPSA) is 29.5 Å². The van der Waals surface area contributed by atoms with Crippen molar-refractivity contribution in [1.82, 2.24) is 0 Å². The van der Waals surface area contributed by atoms with E-state index in [0.29, 0.717) is 0 Å². The first kappa shape index (κ1) is 36.8. The van der Waals surface area contributed by atoms with Crippen LogP contribution in [-0.4, -0.2) is 91.2 Å². The van der Waals surface area contributed by atoms with E-state index in [-0.39, 0.29) is 51.4 Å². The predicted octanol–water partition coefficient (Wildman–Crippen LogP) is 4.78. The molecule has 154 valence electrons. The van der Waals surface area contributed by atoms with Crippen molar-refractivity contribution in [2.45, 2.75) is 39.4 Å². The summed E-state index contributed by atoms with van der Waals surface area (Å²) in [6.45, 7) is 4.74. The number of hydrogen-bond acceptors (Lipinski definition) is 2. The Bertz CT molecular complexity index is 210. The van der Waals surface area contributed by atoms with Crippen LogP contribution in [0.5, 0.6) is 0 Å². The minimum absolute atomic E-state index is 0. The van der Waals surface area contributed by atoms with Gasteiger partial charge in [-0.1, -0.05) is 13.8 Å². The van der Waals surface area contributed by atoms with Gasteiger partial charge >= 0.3 is 73.1 Å². The summed E-state index contributed by atoms with van der Waals surface area (Å²) in [5.41, 5.74) is 0. The molecule has 1 fully saturated rings. The second-order valence-electron chi connectivity index (χ2n) is 3.31. The molecule has 0 spiro atoms. The van der Waals surface area contributed by atoms with E-state index in [1.165, 1.54) is 0 Å². The summed E-state index contributed by atoms with van der Waals surface area (Å²) in [5.74, 6) is 0. The maximum absolute atomic E-state index is 9.75. The molecule has 1 N–H and O–H groups in total. The third-order valence-electron chi connectivity index (χ3n) is 1.16. The molecule has 0 aromatic heterocycles. The Balaban J connectivity index is -0.0000000688. The van der Waals surface area contributed by atoms with Crippen molar-refractivity contribution < 1.29 is 61.6 Å². The number of rotatable bonds is 0. The SMILES string of the molecule is CC.F[B-](F)(F)F.F[B-](F)(F)F.F[B-](F)(F)F.OC1CCCCO1.[KH]. The van der Waals surface area contributed by atoms with Crippen LogP contribution in [0.25, 0.3) is 0 Å². The van der Waals surface area contributed by atoms with Crippen molar-refractivity contribution in [3.8, 4) is 0 Å². The van der Waals surface area contributed by atoms with Crippen molar-refractivity contribution in [3.63, 3.8) is 0 Å². The Morgan fingerprint density at radius 3 is 1.00 bits per heavy atom. The molecule has 0 aromatic rings. The molecule has 18 heteroatoms. The van der Waals surface area contributed by atoms with Crippen molar-refractivity contribution in [2.24, 2.45) is 0 Å². The Morgan fingerprint density at radius 2 is 0.920 bits per heavy atom. The summed E-state index contributed by atoms with van der Waals surface area (Å²) in [6, 6.07) is 0. The Hall–Kier alpha value is 0.911. The number of hydrogen-bond donors (Lipinski definition) is 1. The van der Waals surface area contributed by atoms with Crippen LogP contribution in [0, 0.1) is 0 Å². The van der Waals surface area contributed by atoms with Crippen molar-refractivity contribution in [3.05, 3.63) is 0 Å². The summed E-state index contributed by atoms with van der Waals surface area (Å²) in [7, 11) is -18.0. The van der Waals surface area contributed by atoms with Crippen LogP contribution in [0.3, 0.4) is 0 Å². The van der Waals surface area contributed by atoms with E-state index >= 15 is 0 Å². The van der Waals surface area contributed by atoms with E-state index in [1.807, 2.05) is 13.8 Å². The zero-order valence-corrected chi connectivity index (χ0v) is 12.5. The first-order chi connectivity index (χ1) is 10.4. The van der Waals surface area contributed by atoms with Crippen LogP contribution in [-0.2, 0) is 4.74 Å². The molecule has 1 aliphatic heterocycles. The van der Waals surface area contributed by atoms with Crippen molar-refractivity contribution >= 4 is 73.1 Å². The van der Waals surface area contributed by atoms with Gasteiger partial charge in [0.1, 0.15) is 0 Å². The molecule has 25 heavy (non-hydrogen) atoms. The Labute approximate surface area is 179 Å². The van der Waals surface area contributed by atoms with Crippen LogP contribution in [0.2, 0.25) is 0 Å². The van der Waals surface area contributed by atoms with Crippen LogP contribution >= 0.6 is 0 Å². The fourth-order valence-electron chi connectivity index (χ4n) is 0.724. The summed E-state index contributed by atoms with van der Waals surface area (Å²) in [4.78, 5) is 0. The van der Waals surface area contributed by atoms with Gasteiger partial charge in [-0.2, -0.15) is 0 Å². The third kappa shape index (κ3) is 165. The molecule has 0 bridgehead atoms. The normalized spacial score (nSPS) is 16.7. The van der Waals surface area contributed by atoms with Crippen LogP contribution in [0.4, 0.5) is 51.8 Å². The number of halogens is 12. The molecule has 0 aliphatic carbocycles. The average Bonchev–Trinajstić information content (AvgIpc) is 2.25.